The maximum atomic E-state index is 5.99. The van der Waals surface area contributed by atoms with Gasteiger partial charge in [0.2, 0.25) is 0 Å². The van der Waals surface area contributed by atoms with Crippen LogP contribution in [-0.4, -0.2) is 23.2 Å². The molecule has 0 saturated carbocycles. The molecule has 1 N–H and O–H groups in total. The van der Waals surface area contributed by atoms with Gasteiger partial charge in [0.25, 0.3) is 6.01 Å². The van der Waals surface area contributed by atoms with E-state index in [1.165, 1.54) is 0 Å². The molecule has 1 aliphatic heterocycles. The van der Waals surface area contributed by atoms with Gasteiger partial charge >= 0.3 is 0 Å². The Balaban J connectivity index is 1.33. The number of para-hydroxylation sites is 1. The Morgan fingerprint density at radius 1 is 0.933 bits per heavy atom. The molecule has 4 aromatic rings. The Morgan fingerprint density at radius 3 is 2.73 bits per heavy atom. The van der Waals surface area contributed by atoms with Gasteiger partial charge in [-0.1, -0.05) is 18.2 Å². The summed E-state index contributed by atoms with van der Waals surface area (Å²) < 4.78 is 23.1. The third kappa shape index (κ3) is 3.91. The van der Waals surface area contributed by atoms with E-state index < -0.39 is 0 Å². The van der Waals surface area contributed by atoms with E-state index in [1.807, 2.05) is 54.6 Å². The molecule has 2 aromatic carbocycles. The van der Waals surface area contributed by atoms with E-state index in [-0.39, 0.29) is 0 Å². The average Bonchev–Trinajstić information content (AvgIpc) is 3.27. The van der Waals surface area contributed by atoms with Gasteiger partial charge in [-0.3, -0.25) is 4.98 Å². The van der Waals surface area contributed by atoms with Crippen molar-refractivity contribution in [3.05, 3.63) is 78.8 Å². The number of fused-ring (bicyclic) bond motifs is 1. The van der Waals surface area contributed by atoms with Gasteiger partial charge in [-0.25, -0.2) is 4.98 Å². The number of ether oxygens (including phenoxy) is 3. The third-order valence-corrected chi connectivity index (χ3v) is 4.57. The van der Waals surface area contributed by atoms with Gasteiger partial charge in [-0.05, 0) is 30.3 Å². The lowest BCUT2D eigenvalue weighted by molar-refractivity contribution is 0.171. The van der Waals surface area contributed by atoms with Crippen molar-refractivity contribution in [3.8, 4) is 28.6 Å². The predicted octanol–water partition coefficient (Wildman–Crippen LogP) is 4.83. The first-order valence-electron chi connectivity index (χ1n) is 9.59. The number of hydrogen-bond acceptors (Lipinski definition) is 7. The van der Waals surface area contributed by atoms with E-state index in [9.17, 15) is 0 Å². The van der Waals surface area contributed by atoms with Crippen molar-refractivity contribution in [2.24, 2.45) is 0 Å². The minimum absolute atomic E-state index is 0.378. The van der Waals surface area contributed by atoms with E-state index in [0.717, 1.165) is 22.6 Å². The molecule has 2 aromatic heterocycles. The predicted molar refractivity (Wildman–Crippen MR) is 111 cm³/mol. The van der Waals surface area contributed by atoms with E-state index >= 15 is 0 Å². The van der Waals surface area contributed by atoms with Crippen molar-refractivity contribution in [2.45, 2.75) is 6.61 Å². The molecule has 0 bridgehead atoms. The largest absolute Gasteiger partial charge is 0.488 e. The second-order valence-electron chi connectivity index (χ2n) is 6.66. The number of aromatic nitrogens is 2. The Labute approximate surface area is 173 Å². The highest BCUT2D eigenvalue weighted by atomic mass is 16.6. The third-order valence-electron chi connectivity index (χ3n) is 4.57. The summed E-state index contributed by atoms with van der Waals surface area (Å²) >= 11 is 0. The Kier molecular flexibility index (Phi) is 4.91. The van der Waals surface area contributed by atoms with Crippen LogP contribution in [0, 0.1) is 0 Å². The van der Waals surface area contributed by atoms with Crippen molar-refractivity contribution in [2.75, 3.05) is 18.5 Å². The number of benzene rings is 2. The monoisotopic (exact) mass is 401 g/mol. The lowest BCUT2D eigenvalue weighted by Crippen LogP contribution is -2.15. The molecule has 0 fully saturated rings. The molecule has 0 radical (unpaired) electrons. The van der Waals surface area contributed by atoms with Crippen LogP contribution in [0.4, 0.5) is 11.7 Å². The summed E-state index contributed by atoms with van der Waals surface area (Å²) in [5.41, 5.74) is 2.61. The zero-order valence-electron chi connectivity index (χ0n) is 16.1. The smallest absolute Gasteiger partial charge is 0.299 e. The zero-order valence-corrected chi connectivity index (χ0v) is 16.1. The molecule has 0 amide bonds. The first-order valence-corrected chi connectivity index (χ1v) is 9.59. The second kappa shape index (κ2) is 8.16. The SMILES string of the molecule is c1cncc(COc2ccccc2-c2cnc(Nc3ccc4c(c3)OCCO4)o2)c1. The van der Waals surface area contributed by atoms with Gasteiger partial charge in [0.1, 0.15) is 25.6 Å². The molecule has 0 unspecified atom stereocenters. The average molecular weight is 401 g/mol. The van der Waals surface area contributed by atoms with Crippen LogP contribution in [0.15, 0.2) is 77.6 Å². The molecule has 150 valence electrons. The number of nitrogens with one attached hydrogen (secondary N) is 1. The maximum absolute atomic E-state index is 5.99. The Morgan fingerprint density at radius 2 is 1.83 bits per heavy atom. The van der Waals surface area contributed by atoms with Crippen molar-refractivity contribution in [3.63, 3.8) is 0 Å². The molecular formula is C23H19N3O4. The van der Waals surface area contributed by atoms with E-state index in [2.05, 4.69) is 15.3 Å². The molecule has 0 spiro atoms. The molecular weight excluding hydrogens is 382 g/mol. The molecule has 1 aliphatic rings. The zero-order chi connectivity index (χ0) is 20.2. The van der Waals surface area contributed by atoms with Gasteiger partial charge in [0, 0.05) is 29.7 Å². The van der Waals surface area contributed by atoms with Gasteiger partial charge in [0.05, 0.1) is 11.8 Å². The minimum Gasteiger partial charge on any atom is -0.488 e. The summed E-state index contributed by atoms with van der Waals surface area (Å²) in [5, 5.41) is 3.16. The van der Waals surface area contributed by atoms with Crippen LogP contribution in [0.2, 0.25) is 0 Å². The summed E-state index contributed by atoms with van der Waals surface area (Å²) in [7, 11) is 0. The van der Waals surface area contributed by atoms with Crippen LogP contribution in [-0.2, 0) is 6.61 Å². The van der Waals surface area contributed by atoms with E-state index in [0.29, 0.717) is 43.1 Å². The van der Waals surface area contributed by atoms with Crippen LogP contribution in [0.3, 0.4) is 0 Å². The van der Waals surface area contributed by atoms with Crippen LogP contribution < -0.4 is 19.5 Å². The van der Waals surface area contributed by atoms with Gasteiger partial charge in [-0.2, -0.15) is 0 Å². The van der Waals surface area contributed by atoms with Crippen molar-refractivity contribution in [1.29, 1.82) is 0 Å². The summed E-state index contributed by atoms with van der Waals surface area (Å²) in [6.07, 6.45) is 5.20. The Hall–Kier alpha value is -4.00. The number of nitrogens with zero attached hydrogens (tertiary/aromatic N) is 2. The molecule has 30 heavy (non-hydrogen) atoms. The highest BCUT2D eigenvalue weighted by molar-refractivity contribution is 5.67. The molecule has 7 nitrogen and oxygen atoms in total. The Bertz CT molecular complexity index is 1140. The highest BCUT2D eigenvalue weighted by Gasteiger charge is 2.15. The first-order chi connectivity index (χ1) is 14.8. The first kappa shape index (κ1) is 18.1. The lowest BCUT2D eigenvalue weighted by Gasteiger charge is -2.18. The molecule has 0 atom stereocenters. The number of rotatable bonds is 6. The lowest BCUT2D eigenvalue weighted by atomic mass is 10.1. The number of oxazole rings is 1. The minimum atomic E-state index is 0.378. The van der Waals surface area contributed by atoms with Crippen molar-refractivity contribution < 1.29 is 18.6 Å². The maximum Gasteiger partial charge on any atom is 0.299 e. The molecule has 5 rings (SSSR count). The van der Waals surface area contributed by atoms with Gasteiger partial charge < -0.3 is 23.9 Å². The van der Waals surface area contributed by atoms with Crippen LogP contribution >= 0.6 is 0 Å². The molecule has 0 saturated heterocycles. The normalized spacial score (nSPS) is 12.4. The second-order valence-corrected chi connectivity index (χ2v) is 6.66. The summed E-state index contributed by atoms with van der Waals surface area (Å²) in [6.45, 7) is 1.52. The van der Waals surface area contributed by atoms with E-state index in [4.69, 9.17) is 18.6 Å². The van der Waals surface area contributed by atoms with Crippen LogP contribution in [0.25, 0.3) is 11.3 Å². The fraction of sp³-hybridized carbons (Fsp3) is 0.130. The quantitative estimate of drug-likeness (QED) is 0.496. The van der Waals surface area contributed by atoms with Crippen LogP contribution in [0.5, 0.6) is 17.2 Å². The van der Waals surface area contributed by atoms with Crippen molar-refractivity contribution in [1.82, 2.24) is 9.97 Å². The molecule has 7 heteroatoms. The van der Waals surface area contributed by atoms with E-state index in [1.54, 1.807) is 18.6 Å². The number of pyridine rings is 1. The summed E-state index contributed by atoms with van der Waals surface area (Å²) in [6, 6.07) is 17.6. The summed E-state index contributed by atoms with van der Waals surface area (Å²) in [5.74, 6) is 2.76. The van der Waals surface area contributed by atoms with Crippen LogP contribution in [0.1, 0.15) is 5.56 Å². The standard InChI is InChI=1S/C23H19N3O4/c1-2-6-19(29-15-16-4-3-9-24-13-16)18(5-1)22-14-25-23(30-22)26-17-7-8-20-21(12-17)28-11-10-27-20/h1-9,12-14H,10-11,15H2,(H,25,26). The highest BCUT2D eigenvalue weighted by Crippen LogP contribution is 2.35. The van der Waals surface area contributed by atoms with Gasteiger partial charge in [0.15, 0.2) is 17.3 Å². The fourth-order valence-electron chi connectivity index (χ4n) is 3.14. The topological polar surface area (TPSA) is 78.6 Å². The van der Waals surface area contributed by atoms with Crippen molar-refractivity contribution >= 4 is 11.7 Å². The fourth-order valence-corrected chi connectivity index (χ4v) is 3.14. The number of anilines is 2. The molecule has 3 heterocycles. The number of hydrogen-bond donors (Lipinski definition) is 1. The summed E-state index contributed by atoms with van der Waals surface area (Å²) in [4.78, 5) is 8.46. The van der Waals surface area contributed by atoms with Gasteiger partial charge in [-0.15, -0.1) is 0 Å². The molecule has 0 aliphatic carbocycles.